The Morgan fingerprint density at radius 2 is 1.94 bits per heavy atom. The molecule has 0 heterocycles. The van der Waals surface area contributed by atoms with Crippen molar-refractivity contribution in [2.75, 3.05) is 13.7 Å². The van der Waals surface area contributed by atoms with Gasteiger partial charge in [-0.15, -0.1) is 0 Å². The van der Waals surface area contributed by atoms with E-state index in [4.69, 9.17) is 10.6 Å². The molecular formula is C13H19NO2. The van der Waals surface area contributed by atoms with E-state index in [1.807, 2.05) is 12.2 Å². The van der Waals surface area contributed by atoms with Crippen molar-refractivity contribution in [2.24, 2.45) is 5.90 Å². The molecule has 1 aromatic rings. The van der Waals surface area contributed by atoms with Crippen molar-refractivity contribution < 1.29 is 9.57 Å². The molecule has 0 radical (unpaired) electrons. The summed E-state index contributed by atoms with van der Waals surface area (Å²) in [5.74, 6) is 5.85. The summed E-state index contributed by atoms with van der Waals surface area (Å²) in [6.45, 7) is 4.70. The predicted octanol–water partition coefficient (Wildman–Crippen LogP) is 2.61. The lowest BCUT2D eigenvalue weighted by molar-refractivity contribution is 0.143. The summed E-state index contributed by atoms with van der Waals surface area (Å²) < 4.78 is 5.33. The second kappa shape index (κ2) is 6.30. The van der Waals surface area contributed by atoms with Crippen LogP contribution < -0.4 is 10.6 Å². The van der Waals surface area contributed by atoms with Crippen LogP contribution in [-0.4, -0.2) is 13.7 Å². The fourth-order valence-electron chi connectivity index (χ4n) is 1.47. The Kier molecular flexibility index (Phi) is 5.02. The highest BCUT2D eigenvalue weighted by Gasteiger charge is 2.02. The number of hydrogen-bond acceptors (Lipinski definition) is 3. The quantitative estimate of drug-likeness (QED) is 0.614. The van der Waals surface area contributed by atoms with E-state index in [-0.39, 0.29) is 0 Å². The first-order chi connectivity index (χ1) is 7.69. The molecule has 88 valence electrons. The van der Waals surface area contributed by atoms with E-state index >= 15 is 0 Å². The highest BCUT2D eigenvalue weighted by Crippen LogP contribution is 2.24. The van der Waals surface area contributed by atoms with Crippen molar-refractivity contribution >= 4 is 6.08 Å². The first-order valence-corrected chi connectivity index (χ1v) is 5.32. The highest BCUT2D eigenvalue weighted by atomic mass is 16.6. The Hall–Kier alpha value is -1.32. The van der Waals surface area contributed by atoms with Gasteiger partial charge in [-0.2, -0.15) is 0 Å². The minimum atomic E-state index is 0.531. The minimum absolute atomic E-state index is 0.531. The van der Waals surface area contributed by atoms with Crippen LogP contribution in [0.15, 0.2) is 18.2 Å². The maximum Gasteiger partial charge on any atom is 0.126 e. The molecule has 1 aromatic carbocycles. The monoisotopic (exact) mass is 221 g/mol. The number of benzene rings is 1. The van der Waals surface area contributed by atoms with Crippen LogP contribution in [0.1, 0.15) is 23.1 Å². The molecule has 0 bridgehead atoms. The maximum atomic E-state index is 5.33. The average Bonchev–Trinajstić information content (AvgIpc) is 2.28. The molecule has 3 nitrogen and oxygen atoms in total. The molecular weight excluding hydrogens is 202 g/mol. The van der Waals surface area contributed by atoms with Gasteiger partial charge in [0.05, 0.1) is 13.7 Å². The third-order valence-electron chi connectivity index (χ3n) is 2.55. The molecule has 0 aliphatic carbocycles. The molecule has 0 unspecified atom stereocenters. The second-order valence-corrected chi connectivity index (χ2v) is 3.74. The van der Waals surface area contributed by atoms with Gasteiger partial charge in [0.15, 0.2) is 0 Å². The van der Waals surface area contributed by atoms with Gasteiger partial charge in [0.25, 0.3) is 0 Å². The first kappa shape index (κ1) is 12.7. The summed E-state index contributed by atoms with van der Waals surface area (Å²) in [5.41, 5.74) is 3.58. The average molecular weight is 221 g/mol. The number of nitrogens with two attached hydrogens (primary N) is 1. The normalized spacial score (nSPS) is 11.0. The van der Waals surface area contributed by atoms with Gasteiger partial charge in [-0.05, 0) is 43.5 Å². The van der Waals surface area contributed by atoms with E-state index < -0.39 is 0 Å². The van der Waals surface area contributed by atoms with E-state index in [1.54, 1.807) is 7.11 Å². The third-order valence-corrected chi connectivity index (χ3v) is 2.55. The van der Waals surface area contributed by atoms with Gasteiger partial charge in [0, 0.05) is 5.56 Å². The summed E-state index contributed by atoms with van der Waals surface area (Å²) in [4.78, 5) is 4.50. The molecule has 0 amide bonds. The zero-order valence-corrected chi connectivity index (χ0v) is 10.1. The zero-order valence-electron chi connectivity index (χ0n) is 10.1. The molecule has 3 heteroatoms. The van der Waals surface area contributed by atoms with Crippen LogP contribution in [0.2, 0.25) is 0 Å². The van der Waals surface area contributed by atoms with E-state index in [2.05, 4.69) is 30.8 Å². The fourth-order valence-corrected chi connectivity index (χ4v) is 1.47. The molecule has 0 aliphatic heterocycles. The predicted molar refractivity (Wildman–Crippen MR) is 66.3 cm³/mol. The summed E-state index contributed by atoms with van der Waals surface area (Å²) in [5, 5.41) is 0. The molecule has 0 fully saturated rings. The van der Waals surface area contributed by atoms with Crippen LogP contribution in [0.25, 0.3) is 6.08 Å². The van der Waals surface area contributed by atoms with Gasteiger partial charge in [-0.1, -0.05) is 12.2 Å². The third kappa shape index (κ3) is 3.36. The van der Waals surface area contributed by atoms with Gasteiger partial charge in [0.2, 0.25) is 0 Å². The lowest BCUT2D eigenvalue weighted by Crippen LogP contribution is -1.98. The summed E-state index contributed by atoms with van der Waals surface area (Å²) in [7, 11) is 1.68. The van der Waals surface area contributed by atoms with Gasteiger partial charge in [0.1, 0.15) is 5.75 Å². The van der Waals surface area contributed by atoms with Gasteiger partial charge >= 0.3 is 0 Å². The van der Waals surface area contributed by atoms with Crippen molar-refractivity contribution in [3.05, 3.63) is 34.9 Å². The van der Waals surface area contributed by atoms with E-state index in [1.165, 1.54) is 11.1 Å². The van der Waals surface area contributed by atoms with Gasteiger partial charge in [-0.25, -0.2) is 5.90 Å². The molecule has 16 heavy (non-hydrogen) atoms. The van der Waals surface area contributed by atoms with Crippen LogP contribution in [0.4, 0.5) is 0 Å². The lowest BCUT2D eigenvalue weighted by Gasteiger charge is -2.08. The molecule has 0 spiro atoms. The Balaban J connectivity index is 2.85. The van der Waals surface area contributed by atoms with Crippen molar-refractivity contribution in [3.63, 3.8) is 0 Å². The Bertz CT molecular complexity index is 372. The van der Waals surface area contributed by atoms with Crippen molar-refractivity contribution in [3.8, 4) is 5.75 Å². The number of methoxy groups -OCH3 is 1. The maximum absolute atomic E-state index is 5.33. The van der Waals surface area contributed by atoms with Crippen LogP contribution in [0.3, 0.4) is 0 Å². The van der Waals surface area contributed by atoms with E-state index in [0.717, 1.165) is 17.7 Å². The number of aryl methyl sites for hydroxylation is 2. The molecule has 2 N–H and O–H groups in total. The highest BCUT2D eigenvalue weighted by molar-refractivity contribution is 5.59. The van der Waals surface area contributed by atoms with Crippen molar-refractivity contribution in [1.82, 2.24) is 0 Å². The Morgan fingerprint density at radius 1 is 1.25 bits per heavy atom. The molecule has 0 aromatic heterocycles. The smallest absolute Gasteiger partial charge is 0.126 e. The van der Waals surface area contributed by atoms with E-state index in [0.29, 0.717) is 6.61 Å². The molecule has 0 aliphatic rings. The van der Waals surface area contributed by atoms with E-state index in [9.17, 15) is 0 Å². The Labute approximate surface area is 96.8 Å². The van der Waals surface area contributed by atoms with Crippen LogP contribution in [0, 0.1) is 13.8 Å². The molecule has 0 atom stereocenters. The fraction of sp³-hybridized carbons (Fsp3) is 0.385. The zero-order chi connectivity index (χ0) is 12.0. The number of rotatable bonds is 5. The van der Waals surface area contributed by atoms with Crippen LogP contribution >= 0.6 is 0 Å². The van der Waals surface area contributed by atoms with Crippen LogP contribution in [-0.2, 0) is 4.84 Å². The number of ether oxygens (including phenoxy) is 1. The molecule has 0 saturated carbocycles. The largest absolute Gasteiger partial charge is 0.496 e. The standard InChI is InChI=1S/C13H19NO2/c1-10-8-12(6-4-5-7-16-14)13(15-3)9-11(10)2/h4,6,8-9H,5,7,14H2,1-3H3/b6-4+. The summed E-state index contributed by atoms with van der Waals surface area (Å²) in [6.07, 6.45) is 4.86. The van der Waals surface area contributed by atoms with Crippen molar-refractivity contribution in [2.45, 2.75) is 20.3 Å². The molecule has 0 saturated heterocycles. The molecule has 1 rings (SSSR count). The summed E-state index contributed by atoms with van der Waals surface area (Å²) >= 11 is 0. The lowest BCUT2D eigenvalue weighted by atomic mass is 10.0. The van der Waals surface area contributed by atoms with Gasteiger partial charge in [-0.3, -0.25) is 0 Å². The second-order valence-electron chi connectivity index (χ2n) is 3.74. The SMILES string of the molecule is COc1cc(C)c(C)cc1/C=C/CCON. The summed E-state index contributed by atoms with van der Waals surface area (Å²) in [6, 6.07) is 4.17. The topological polar surface area (TPSA) is 44.5 Å². The van der Waals surface area contributed by atoms with Crippen LogP contribution in [0.5, 0.6) is 5.75 Å². The Morgan fingerprint density at radius 3 is 2.56 bits per heavy atom. The number of hydrogen-bond donors (Lipinski definition) is 1. The van der Waals surface area contributed by atoms with Gasteiger partial charge < -0.3 is 9.57 Å². The van der Waals surface area contributed by atoms with Crippen molar-refractivity contribution in [1.29, 1.82) is 0 Å². The first-order valence-electron chi connectivity index (χ1n) is 5.32. The minimum Gasteiger partial charge on any atom is -0.496 e.